The van der Waals surface area contributed by atoms with Crippen LogP contribution >= 0.6 is 11.6 Å². The number of carbonyl (C=O) groups excluding carboxylic acids is 1. The van der Waals surface area contributed by atoms with E-state index in [1.807, 2.05) is 54.9 Å². The Kier molecular flexibility index (Phi) is 4.44. The normalized spacial score (nSPS) is 16.7. The average Bonchev–Trinajstić information content (AvgIpc) is 2.96. The van der Waals surface area contributed by atoms with Crippen molar-refractivity contribution in [3.05, 3.63) is 64.6 Å². The maximum absolute atomic E-state index is 12.8. The number of halogens is 1. The molecule has 1 aliphatic carbocycles. The standard InChI is InChI=1S/C21H22ClN3O2/c1-13(15-5-7-19(23-12-15)21(27)8-3-9-21)24-20(26)18-10-14-4-6-16(22)11-17(14)25(18)2/h4-7,10-13,27H,3,8-9H2,1-2H3,(H,24,26). The number of rotatable bonds is 4. The minimum atomic E-state index is -0.768. The summed E-state index contributed by atoms with van der Waals surface area (Å²) in [5.74, 6) is -0.154. The van der Waals surface area contributed by atoms with Crippen LogP contribution in [0.25, 0.3) is 10.9 Å². The van der Waals surface area contributed by atoms with Crippen molar-refractivity contribution in [3.8, 4) is 0 Å². The lowest BCUT2D eigenvalue weighted by molar-refractivity contribution is -0.0426. The smallest absolute Gasteiger partial charge is 0.268 e. The monoisotopic (exact) mass is 383 g/mol. The maximum Gasteiger partial charge on any atom is 0.268 e. The predicted molar refractivity (Wildman–Crippen MR) is 106 cm³/mol. The van der Waals surface area contributed by atoms with Crippen molar-refractivity contribution in [1.29, 1.82) is 0 Å². The molecule has 0 radical (unpaired) electrons. The molecular weight excluding hydrogens is 362 g/mol. The van der Waals surface area contributed by atoms with Gasteiger partial charge in [0, 0.05) is 29.2 Å². The quantitative estimate of drug-likeness (QED) is 0.713. The van der Waals surface area contributed by atoms with Crippen molar-refractivity contribution in [3.63, 3.8) is 0 Å². The lowest BCUT2D eigenvalue weighted by Crippen LogP contribution is -2.34. The Hall–Kier alpha value is -2.37. The molecule has 1 saturated carbocycles. The highest BCUT2D eigenvalue weighted by molar-refractivity contribution is 6.31. The Morgan fingerprint density at radius 1 is 1.30 bits per heavy atom. The van der Waals surface area contributed by atoms with Gasteiger partial charge >= 0.3 is 0 Å². The number of benzene rings is 1. The van der Waals surface area contributed by atoms with E-state index in [2.05, 4.69) is 10.3 Å². The highest BCUT2D eigenvalue weighted by atomic mass is 35.5. The van der Waals surface area contributed by atoms with Crippen LogP contribution in [0.2, 0.25) is 5.02 Å². The zero-order chi connectivity index (χ0) is 19.2. The third kappa shape index (κ3) is 3.22. The SMILES string of the molecule is CC(NC(=O)c1cc2ccc(Cl)cc2n1C)c1ccc(C2(O)CCC2)nc1. The van der Waals surface area contributed by atoms with Gasteiger partial charge in [0.1, 0.15) is 11.3 Å². The lowest BCUT2D eigenvalue weighted by Gasteiger charge is -2.36. The van der Waals surface area contributed by atoms with Gasteiger partial charge in [0.15, 0.2) is 0 Å². The van der Waals surface area contributed by atoms with Gasteiger partial charge in [-0.25, -0.2) is 0 Å². The van der Waals surface area contributed by atoms with Crippen molar-refractivity contribution < 1.29 is 9.90 Å². The molecule has 0 aliphatic heterocycles. The number of pyridine rings is 1. The summed E-state index contributed by atoms with van der Waals surface area (Å²) >= 11 is 6.06. The topological polar surface area (TPSA) is 67.2 Å². The summed E-state index contributed by atoms with van der Waals surface area (Å²) in [5, 5.41) is 15.0. The molecule has 2 heterocycles. The molecule has 5 nitrogen and oxygen atoms in total. The van der Waals surface area contributed by atoms with Crippen LogP contribution in [0.4, 0.5) is 0 Å². The van der Waals surface area contributed by atoms with Crippen LogP contribution in [-0.4, -0.2) is 20.6 Å². The van der Waals surface area contributed by atoms with Crippen molar-refractivity contribution >= 4 is 28.4 Å². The van der Waals surface area contributed by atoms with Gasteiger partial charge in [-0.05, 0) is 56.0 Å². The summed E-state index contributed by atoms with van der Waals surface area (Å²) in [5.41, 5.74) is 2.33. The van der Waals surface area contributed by atoms with Gasteiger partial charge in [0.25, 0.3) is 5.91 Å². The third-order valence-electron chi connectivity index (χ3n) is 5.53. The summed E-state index contributed by atoms with van der Waals surface area (Å²) in [7, 11) is 1.86. The Bertz CT molecular complexity index is 1010. The first kappa shape index (κ1) is 18.0. The molecule has 27 heavy (non-hydrogen) atoms. The third-order valence-corrected chi connectivity index (χ3v) is 5.77. The number of fused-ring (bicyclic) bond motifs is 1. The van der Waals surface area contributed by atoms with E-state index in [0.717, 1.165) is 35.7 Å². The molecule has 0 saturated heterocycles. The molecule has 1 aliphatic rings. The minimum Gasteiger partial charge on any atom is -0.384 e. The molecule has 4 rings (SSSR count). The molecule has 1 amide bonds. The highest BCUT2D eigenvalue weighted by Gasteiger charge is 2.37. The minimum absolute atomic E-state index is 0.154. The Morgan fingerprint density at radius 2 is 2.07 bits per heavy atom. The molecule has 1 fully saturated rings. The van der Waals surface area contributed by atoms with E-state index >= 15 is 0 Å². The molecule has 2 N–H and O–H groups in total. The molecule has 140 valence electrons. The Balaban J connectivity index is 1.51. The Morgan fingerprint density at radius 3 is 2.70 bits per heavy atom. The largest absolute Gasteiger partial charge is 0.384 e. The molecule has 0 spiro atoms. The molecular formula is C21H22ClN3O2. The van der Waals surface area contributed by atoms with Crippen molar-refractivity contribution in [2.75, 3.05) is 0 Å². The van der Waals surface area contributed by atoms with Crippen LogP contribution in [0.5, 0.6) is 0 Å². The van der Waals surface area contributed by atoms with E-state index in [4.69, 9.17) is 11.6 Å². The number of hydrogen-bond donors (Lipinski definition) is 2. The number of nitrogens with one attached hydrogen (secondary N) is 1. The summed E-state index contributed by atoms with van der Waals surface area (Å²) in [6.45, 7) is 1.92. The van der Waals surface area contributed by atoms with E-state index in [1.54, 1.807) is 6.20 Å². The molecule has 0 bridgehead atoms. The fourth-order valence-corrected chi connectivity index (χ4v) is 3.75. The first-order valence-corrected chi connectivity index (χ1v) is 9.50. The van der Waals surface area contributed by atoms with Gasteiger partial charge in [-0.3, -0.25) is 9.78 Å². The van der Waals surface area contributed by atoms with E-state index in [0.29, 0.717) is 16.4 Å². The fraction of sp³-hybridized carbons (Fsp3) is 0.333. The highest BCUT2D eigenvalue weighted by Crippen LogP contribution is 2.40. The zero-order valence-corrected chi connectivity index (χ0v) is 16.1. The summed E-state index contributed by atoms with van der Waals surface area (Å²) in [6, 6.07) is 11.0. The summed E-state index contributed by atoms with van der Waals surface area (Å²) in [6.07, 6.45) is 4.29. The second-order valence-electron chi connectivity index (χ2n) is 7.35. The number of aromatic nitrogens is 2. The van der Waals surface area contributed by atoms with Crippen LogP contribution in [0.1, 0.15) is 54.0 Å². The molecule has 1 unspecified atom stereocenters. The number of aryl methyl sites for hydroxylation is 1. The van der Waals surface area contributed by atoms with E-state index < -0.39 is 5.60 Å². The number of nitrogens with zero attached hydrogens (tertiary/aromatic N) is 2. The van der Waals surface area contributed by atoms with Gasteiger partial charge in [0.05, 0.1) is 11.7 Å². The first-order chi connectivity index (χ1) is 12.9. The van der Waals surface area contributed by atoms with E-state index in [-0.39, 0.29) is 11.9 Å². The molecule has 3 aromatic rings. The second kappa shape index (κ2) is 6.66. The van der Waals surface area contributed by atoms with Crippen molar-refractivity contribution in [2.45, 2.75) is 37.8 Å². The molecule has 6 heteroatoms. The van der Waals surface area contributed by atoms with E-state index in [9.17, 15) is 9.90 Å². The van der Waals surface area contributed by atoms with Crippen LogP contribution in [0.15, 0.2) is 42.6 Å². The fourth-order valence-electron chi connectivity index (χ4n) is 3.58. The number of amides is 1. The van der Waals surface area contributed by atoms with Crippen LogP contribution in [0, 0.1) is 0 Å². The lowest BCUT2D eigenvalue weighted by atomic mass is 9.77. The van der Waals surface area contributed by atoms with E-state index in [1.165, 1.54) is 0 Å². The van der Waals surface area contributed by atoms with Gasteiger partial charge in [-0.2, -0.15) is 0 Å². The number of aliphatic hydroxyl groups is 1. The van der Waals surface area contributed by atoms with Gasteiger partial charge in [-0.1, -0.05) is 23.7 Å². The summed E-state index contributed by atoms with van der Waals surface area (Å²) < 4.78 is 1.84. The van der Waals surface area contributed by atoms with Crippen LogP contribution in [-0.2, 0) is 12.6 Å². The van der Waals surface area contributed by atoms with Crippen LogP contribution < -0.4 is 5.32 Å². The predicted octanol–water partition coefficient (Wildman–Crippen LogP) is 4.09. The van der Waals surface area contributed by atoms with Crippen LogP contribution in [0.3, 0.4) is 0 Å². The Labute approximate surface area is 163 Å². The number of carbonyl (C=O) groups is 1. The second-order valence-corrected chi connectivity index (χ2v) is 7.79. The first-order valence-electron chi connectivity index (χ1n) is 9.12. The molecule has 1 atom stereocenters. The summed E-state index contributed by atoms with van der Waals surface area (Å²) in [4.78, 5) is 17.2. The van der Waals surface area contributed by atoms with Gasteiger partial charge in [-0.15, -0.1) is 0 Å². The molecule has 1 aromatic carbocycles. The molecule has 2 aromatic heterocycles. The average molecular weight is 384 g/mol. The van der Waals surface area contributed by atoms with Crippen molar-refractivity contribution in [2.24, 2.45) is 7.05 Å². The number of hydrogen-bond acceptors (Lipinski definition) is 3. The van der Waals surface area contributed by atoms with Gasteiger partial charge < -0.3 is 15.0 Å². The van der Waals surface area contributed by atoms with Gasteiger partial charge in [0.2, 0.25) is 0 Å². The zero-order valence-electron chi connectivity index (χ0n) is 15.4. The maximum atomic E-state index is 12.8. The van der Waals surface area contributed by atoms with Crippen molar-refractivity contribution in [1.82, 2.24) is 14.9 Å².